The first-order valence-electron chi connectivity index (χ1n) is 10.6. The minimum atomic E-state index is -0.750. The first-order valence-corrected chi connectivity index (χ1v) is 11.4. The lowest BCUT2D eigenvalue weighted by atomic mass is 9.98. The number of benzene rings is 3. The fraction of sp³-hybridized carbons (Fsp3) is 0.115. The van der Waals surface area contributed by atoms with Gasteiger partial charge in [0.2, 0.25) is 5.76 Å². The molecular weight excluding hydrogens is 455 g/mol. The fourth-order valence-corrected chi connectivity index (χ4v) is 5.39. The van der Waals surface area contributed by atoms with E-state index in [0.717, 1.165) is 5.56 Å². The molecule has 5 aromatic rings. The van der Waals surface area contributed by atoms with Crippen molar-refractivity contribution in [1.29, 1.82) is 0 Å². The van der Waals surface area contributed by atoms with Crippen LogP contribution >= 0.6 is 11.3 Å². The number of aryl methyl sites for hydroxylation is 1. The number of aromatic nitrogens is 1. The lowest BCUT2D eigenvalue weighted by Crippen LogP contribution is -2.29. The minimum Gasteiger partial charge on any atom is -0.497 e. The third-order valence-electron chi connectivity index (χ3n) is 6.00. The van der Waals surface area contributed by atoms with Crippen LogP contribution in [0.15, 0.2) is 69.9 Å². The second kappa shape index (κ2) is 7.50. The molecule has 6 nitrogen and oxygen atoms in total. The largest absolute Gasteiger partial charge is 0.497 e. The number of rotatable bonds is 3. The van der Waals surface area contributed by atoms with Gasteiger partial charge >= 0.3 is 0 Å². The van der Waals surface area contributed by atoms with Gasteiger partial charge in [-0.25, -0.2) is 9.37 Å². The summed E-state index contributed by atoms with van der Waals surface area (Å²) in [7, 11) is 1.57. The number of halogens is 1. The molecule has 1 amide bonds. The van der Waals surface area contributed by atoms with Gasteiger partial charge in [0, 0.05) is 0 Å². The summed E-state index contributed by atoms with van der Waals surface area (Å²) < 4.78 is 25.7. The maximum Gasteiger partial charge on any atom is 0.297 e. The van der Waals surface area contributed by atoms with E-state index in [2.05, 4.69) is 4.98 Å². The molecule has 3 aromatic carbocycles. The van der Waals surface area contributed by atoms with Gasteiger partial charge in [0.25, 0.3) is 5.91 Å². The Balaban J connectivity index is 1.62. The van der Waals surface area contributed by atoms with Crippen molar-refractivity contribution in [3.63, 3.8) is 0 Å². The summed E-state index contributed by atoms with van der Waals surface area (Å²) in [6.07, 6.45) is 0. The number of methoxy groups -OCH3 is 1. The smallest absolute Gasteiger partial charge is 0.297 e. The molecule has 8 heteroatoms. The van der Waals surface area contributed by atoms with Gasteiger partial charge in [-0.2, -0.15) is 0 Å². The third-order valence-corrected chi connectivity index (χ3v) is 7.02. The highest BCUT2D eigenvalue weighted by Crippen LogP contribution is 2.44. The number of carbonyl (C=O) groups excluding carboxylic acids is 1. The van der Waals surface area contributed by atoms with Crippen LogP contribution < -0.4 is 15.1 Å². The van der Waals surface area contributed by atoms with E-state index < -0.39 is 11.9 Å². The van der Waals surface area contributed by atoms with Crippen molar-refractivity contribution < 1.29 is 18.3 Å². The van der Waals surface area contributed by atoms with Crippen LogP contribution in [0.2, 0.25) is 0 Å². The lowest BCUT2D eigenvalue weighted by Gasteiger charge is -2.22. The molecule has 0 radical (unpaired) electrons. The second-order valence-corrected chi connectivity index (χ2v) is 9.14. The number of nitrogens with zero attached hydrogens (tertiary/aromatic N) is 2. The third kappa shape index (κ3) is 3.03. The Morgan fingerprint density at radius 3 is 2.62 bits per heavy atom. The average Bonchev–Trinajstić information content (AvgIpc) is 3.38. The zero-order valence-electron chi connectivity index (χ0n) is 18.2. The molecule has 3 heterocycles. The normalized spacial score (nSPS) is 15.3. The van der Waals surface area contributed by atoms with Crippen LogP contribution in [-0.4, -0.2) is 18.0 Å². The second-order valence-electron chi connectivity index (χ2n) is 8.13. The molecule has 1 aliphatic heterocycles. The van der Waals surface area contributed by atoms with E-state index in [1.54, 1.807) is 37.4 Å². The average molecular weight is 472 g/mol. The first-order chi connectivity index (χ1) is 16.4. The van der Waals surface area contributed by atoms with Gasteiger partial charge in [-0.05, 0) is 55.0 Å². The number of carbonyl (C=O) groups is 1. The summed E-state index contributed by atoms with van der Waals surface area (Å²) in [5.41, 5.74) is 2.54. The number of hydrogen-bond donors (Lipinski definition) is 0. The zero-order valence-corrected chi connectivity index (χ0v) is 19.0. The molecule has 2 aromatic heterocycles. The fourth-order valence-electron chi connectivity index (χ4n) is 4.37. The standard InChI is InChI=1S/C26H17FN2O4S/c1-13-3-10-19-17(11-13)23(30)21-22(14-4-7-16(32-2)8-5-14)29(25(31)24(21)33-19)26-28-18-9-6-15(27)12-20(18)34-26/h3-12,22H,1-2H3. The highest BCUT2D eigenvalue weighted by molar-refractivity contribution is 7.22. The molecule has 34 heavy (non-hydrogen) atoms. The molecule has 0 saturated heterocycles. The molecule has 0 aliphatic carbocycles. The van der Waals surface area contributed by atoms with Crippen LogP contribution in [0.3, 0.4) is 0 Å². The number of hydrogen-bond acceptors (Lipinski definition) is 6. The molecule has 168 valence electrons. The predicted octanol–water partition coefficient (Wildman–Crippen LogP) is 5.61. The number of amides is 1. The Bertz CT molecular complexity index is 1670. The Morgan fingerprint density at radius 2 is 1.85 bits per heavy atom. The van der Waals surface area contributed by atoms with Gasteiger partial charge < -0.3 is 9.15 Å². The molecule has 0 bridgehead atoms. The predicted molar refractivity (Wildman–Crippen MR) is 128 cm³/mol. The molecule has 0 N–H and O–H groups in total. The van der Waals surface area contributed by atoms with E-state index in [0.29, 0.717) is 37.6 Å². The minimum absolute atomic E-state index is 0.00684. The summed E-state index contributed by atoms with van der Waals surface area (Å²) in [5.74, 6) is -0.206. The monoisotopic (exact) mass is 472 g/mol. The van der Waals surface area contributed by atoms with Gasteiger partial charge in [0.15, 0.2) is 10.6 Å². The number of fused-ring (bicyclic) bond motifs is 3. The molecular formula is C26H17FN2O4S. The quantitative estimate of drug-likeness (QED) is 0.341. The molecule has 0 saturated carbocycles. The highest BCUT2D eigenvalue weighted by atomic mass is 32.1. The van der Waals surface area contributed by atoms with Gasteiger partial charge in [0.05, 0.1) is 34.3 Å². The van der Waals surface area contributed by atoms with Crippen molar-refractivity contribution >= 4 is 43.6 Å². The Labute approximate surface area is 196 Å². The SMILES string of the molecule is COc1ccc(C2c3c(oc4ccc(C)cc4c3=O)C(=O)N2c2nc3ccc(F)cc3s2)cc1. The van der Waals surface area contributed by atoms with Crippen LogP contribution in [0.1, 0.15) is 33.3 Å². The topological polar surface area (TPSA) is 72.6 Å². The molecule has 1 atom stereocenters. The van der Waals surface area contributed by atoms with Gasteiger partial charge in [-0.1, -0.05) is 35.1 Å². The number of anilines is 1. The molecule has 0 fully saturated rings. The number of thiazole rings is 1. The zero-order chi connectivity index (χ0) is 23.6. The van der Waals surface area contributed by atoms with Gasteiger partial charge in [0.1, 0.15) is 17.1 Å². The van der Waals surface area contributed by atoms with Crippen molar-refractivity contribution in [3.8, 4) is 5.75 Å². The van der Waals surface area contributed by atoms with Crippen LogP contribution in [-0.2, 0) is 0 Å². The van der Waals surface area contributed by atoms with Crippen molar-refractivity contribution in [3.05, 3.63) is 99.2 Å². The highest BCUT2D eigenvalue weighted by Gasteiger charge is 2.45. The van der Waals surface area contributed by atoms with Crippen molar-refractivity contribution in [1.82, 2.24) is 4.98 Å². The van der Waals surface area contributed by atoms with E-state index in [1.165, 1.54) is 28.4 Å². The Morgan fingerprint density at radius 1 is 1.06 bits per heavy atom. The first kappa shape index (κ1) is 20.6. The molecule has 1 aliphatic rings. The Hall–Kier alpha value is -4.04. The summed E-state index contributed by atoms with van der Waals surface area (Å²) >= 11 is 1.19. The lowest BCUT2D eigenvalue weighted by molar-refractivity contribution is 0.0971. The van der Waals surface area contributed by atoms with Crippen molar-refractivity contribution in [2.75, 3.05) is 12.0 Å². The van der Waals surface area contributed by atoms with Crippen LogP contribution in [0.5, 0.6) is 5.75 Å². The van der Waals surface area contributed by atoms with Gasteiger partial charge in [-0.3, -0.25) is 14.5 Å². The Kier molecular flexibility index (Phi) is 4.53. The summed E-state index contributed by atoms with van der Waals surface area (Å²) in [4.78, 5) is 33.4. The van der Waals surface area contributed by atoms with E-state index >= 15 is 0 Å². The summed E-state index contributed by atoms with van der Waals surface area (Å²) in [5, 5.41) is 0.774. The maximum absolute atomic E-state index is 13.8. The van der Waals surface area contributed by atoms with Crippen LogP contribution in [0, 0.1) is 12.7 Å². The van der Waals surface area contributed by atoms with Crippen molar-refractivity contribution in [2.45, 2.75) is 13.0 Å². The molecule has 6 rings (SSSR count). The molecule has 1 unspecified atom stereocenters. The van der Waals surface area contributed by atoms with Crippen LogP contribution in [0.25, 0.3) is 21.2 Å². The van der Waals surface area contributed by atoms with E-state index in [-0.39, 0.29) is 22.6 Å². The van der Waals surface area contributed by atoms with Crippen molar-refractivity contribution in [2.24, 2.45) is 0 Å². The van der Waals surface area contributed by atoms with Gasteiger partial charge in [-0.15, -0.1) is 0 Å². The maximum atomic E-state index is 13.8. The summed E-state index contributed by atoms with van der Waals surface area (Å²) in [6.45, 7) is 1.89. The van der Waals surface area contributed by atoms with E-state index in [9.17, 15) is 14.0 Å². The van der Waals surface area contributed by atoms with Crippen LogP contribution in [0.4, 0.5) is 9.52 Å². The summed E-state index contributed by atoms with van der Waals surface area (Å²) in [6, 6.07) is 16.0. The van der Waals surface area contributed by atoms with E-state index in [1.807, 2.05) is 25.1 Å². The number of ether oxygens (including phenoxy) is 1. The molecule has 0 spiro atoms. The van der Waals surface area contributed by atoms with E-state index in [4.69, 9.17) is 9.15 Å².